The van der Waals surface area contributed by atoms with Gasteiger partial charge in [0.1, 0.15) is 0 Å². The van der Waals surface area contributed by atoms with Crippen molar-refractivity contribution in [2.45, 2.75) is 38.5 Å². The lowest BCUT2D eigenvalue weighted by Gasteiger charge is -2.25. The smallest absolute Gasteiger partial charge is 0.314 e. The van der Waals surface area contributed by atoms with Crippen molar-refractivity contribution >= 4 is 27.4 Å². The predicted octanol–water partition coefficient (Wildman–Crippen LogP) is 5.61. The summed E-state index contributed by atoms with van der Waals surface area (Å²) >= 11 is 1.68. The van der Waals surface area contributed by atoms with Crippen LogP contribution >= 0.6 is 11.3 Å². The molecule has 3 heteroatoms. The van der Waals surface area contributed by atoms with Crippen molar-refractivity contribution in [1.29, 1.82) is 0 Å². The summed E-state index contributed by atoms with van der Waals surface area (Å²) in [5.41, 5.74) is 1.17. The van der Waals surface area contributed by atoms with Crippen LogP contribution in [-0.2, 0) is 16.6 Å². The van der Waals surface area contributed by atoms with E-state index in [-0.39, 0.29) is 0 Å². The lowest BCUT2D eigenvalue weighted by Crippen LogP contribution is -2.34. The third kappa shape index (κ3) is 3.09. The van der Waals surface area contributed by atoms with E-state index >= 15 is 0 Å². The average Bonchev–Trinajstić information content (AvgIpc) is 2.96. The topological polar surface area (TPSA) is 37.3 Å². The summed E-state index contributed by atoms with van der Waals surface area (Å²) in [7, 11) is 0. The quantitative estimate of drug-likeness (QED) is 0.656. The molecule has 0 radical (unpaired) electrons. The summed E-state index contributed by atoms with van der Waals surface area (Å²) in [6.07, 6.45) is 0.503. The molecule has 2 nitrogen and oxygen atoms in total. The molecule has 2 aromatic carbocycles. The highest BCUT2D eigenvalue weighted by Crippen LogP contribution is 2.34. The van der Waals surface area contributed by atoms with Gasteiger partial charge in [0, 0.05) is 16.0 Å². The second-order valence-corrected chi connectivity index (χ2v) is 8.01. The van der Waals surface area contributed by atoms with Crippen LogP contribution in [0.15, 0.2) is 54.6 Å². The van der Waals surface area contributed by atoms with Crippen LogP contribution in [0.1, 0.15) is 42.7 Å². The third-order valence-electron chi connectivity index (χ3n) is 4.69. The normalized spacial score (nSPS) is 14.0. The molecule has 0 fully saturated rings. The van der Waals surface area contributed by atoms with E-state index in [1.807, 2.05) is 43.3 Å². The van der Waals surface area contributed by atoms with E-state index in [0.717, 1.165) is 10.4 Å². The van der Waals surface area contributed by atoms with Crippen molar-refractivity contribution in [2.24, 2.45) is 0 Å². The molecule has 1 heterocycles. The van der Waals surface area contributed by atoms with Gasteiger partial charge in [-0.25, -0.2) is 0 Å². The molecule has 1 atom stereocenters. The first-order valence-corrected chi connectivity index (χ1v) is 9.03. The van der Waals surface area contributed by atoms with Crippen LogP contribution in [0.25, 0.3) is 10.1 Å². The van der Waals surface area contributed by atoms with Gasteiger partial charge < -0.3 is 5.11 Å². The molecular formula is C21H22O2S. The fourth-order valence-electron chi connectivity index (χ4n) is 3.01. The summed E-state index contributed by atoms with van der Waals surface area (Å²) in [4.78, 5) is 13.2. The average molecular weight is 338 g/mol. The summed E-state index contributed by atoms with van der Waals surface area (Å²) < 4.78 is 1.20. The van der Waals surface area contributed by atoms with Crippen LogP contribution in [0.5, 0.6) is 0 Å². The second kappa shape index (κ2) is 6.40. The SMILES string of the molecule is CC(C)c1ccc(C(C)(Cc2cc3ccccc3s2)C(=O)O)cc1. The fraction of sp³-hybridized carbons (Fsp3) is 0.286. The minimum Gasteiger partial charge on any atom is -0.481 e. The number of carboxylic acids is 1. The monoisotopic (exact) mass is 338 g/mol. The van der Waals surface area contributed by atoms with Crippen LogP contribution in [0.3, 0.4) is 0 Å². The summed E-state index contributed by atoms with van der Waals surface area (Å²) in [5.74, 6) is -0.338. The maximum absolute atomic E-state index is 12.1. The number of rotatable bonds is 5. The fourth-order valence-corrected chi connectivity index (χ4v) is 4.23. The maximum atomic E-state index is 12.1. The van der Waals surface area contributed by atoms with Crippen molar-refractivity contribution in [3.05, 3.63) is 70.6 Å². The number of carbonyl (C=O) groups is 1. The lowest BCUT2D eigenvalue weighted by molar-refractivity contribution is -0.143. The van der Waals surface area contributed by atoms with Gasteiger partial charge in [-0.05, 0) is 41.5 Å². The number of aliphatic carboxylic acids is 1. The maximum Gasteiger partial charge on any atom is 0.314 e. The predicted molar refractivity (Wildman–Crippen MR) is 101 cm³/mol. The van der Waals surface area contributed by atoms with E-state index in [2.05, 4.69) is 32.0 Å². The standard InChI is InChI=1S/C21H22O2S/c1-14(2)15-8-10-17(11-9-15)21(3,20(22)23)13-18-12-16-6-4-5-7-19(16)24-18/h4-12,14H,13H2,1-3H3,(H,22,23). The highest BCUT2D eigenvalue weighted by molar-refractivity contribution is 7.19. The summed E-state index contributed by atoms with van der Waals surface area (Å²) in [6, 6.07) is 18.3. The first-order chi connectivity index (χ1) is 11.4. The molecule has 0 aliphatic carbocycles. The number of thiophene rings is 1. The van der Waals surface area contributed by atoms with E-state index in [0.29, 0.717) is 12.3 Å². The zero-order chi connectivity index (χ0) is 17.3. The third-order valence-corrected chi connectivity index (χ3v) is 5.81. The van der Waals surface area contributed by atoms with Gasteiger partial charge in [-0.3, -0.25) is 4.79 Å². The zero-order valence-electron chi connectivity index (χ0n) is 14.2. The van der Waals surface area contributed by atoms with Crippen molar-refractivity contribution in [2.75, 3.05) is 0 Å². The lowest BCUT2D eigenvalue weighted by atomic mass is 9.78. The van der Waals surface area contributed by atoms with E-state index < -0.39 is 11.4 Å². The van der Waals surface area contributed by atoms with Crippen molar-refractivity contribution in [3.63, 3.8) is 0 Å². The minimum atomic E-state index is -0.920. The van der Waals surface area contributed by atoms with Crippen LogP contribution in [0.2, 0.25) is 0 Å². The Bertz CT molecular complexity index is 828. The van der Waals surface area contributed by atoms with E-state index in [9.17, 15) is 9.90 Å². The first-order valence-electron chi connectivity index (χ1n) is 8.21. The molecule has 0 saturated heterocycles. The Labute approximate surface area is 146 Å². The second-order valence-electron chi connectivity index (χ2n) is 6.84. The van der Waals surface area contributed by atoms with Gasteiger partial charge in [-0.1, -0.05) is 56.3 Å². The van der Waals surface area contributed by atoms with Crippen molar-refractivity contribution in [3.8, 4) is 0 Å². The first kappa shape index (κ1) is 16.7. The van der Waals surface area contributed by atoms with Gasteiger partial charge in [0.25, 0.3) is 0 Å². The van der Waals surface area contributed by atoms with Crippen LogP contribution in [0, 0.1) is 0 Å². The molecule has 1 aromatic heterocycles. The molecule has 1 unspecified atom stereocenters. The van der Waals surface area contributed by atoms with E-state index in [1.165, 1.54) is 15.6 Å². The van der Waals surface area contributed by atoms with Crippen LogP contribution in [0.4, 0.5) is 0 Å². The van der Waals surface area contributed by atoms with Gasteiger partial charge in [0.05, 0.1) is 5.41 Å². The molecule has 0 aliphatic heterocycles. The zero-order valence-corrected chi connectivity index (χ0v) is 15.1. The van der Waals surface area contributed by atoms with E-state index in [1.54, 1.807) is 11.3 Å². The van der Waals surface area contributed by atoms with Crippen molar-refractivity contribution in [1.82, 2.24) is 0 Å². The number of benzene rings is 2. The Morgan fingerprint density at radius 2 is 1.79 bits per heavy atom. The van der Waals surface area contributed by atoms with Gasteiger partial charge in [0.15, 0.2) is 0 Å². The van der Waals surface area contributed by atoms with E-state index in [4.69, 9.17) is 0 Å². The molecule has 3 rings (SSSR count). The number of fused-ring (bicyclic) bond motifs is 1. The molecule has 0 spiro atoms. The Morgan fingerprint density at radius 3 is 2.38 bits per heavy atom. The molecule has 0 aliphatic rings. The molecule has 3 aromatic rings. The molecule has 24 heavy (non-hydrogen) atoms. The highest BCUT2D eigenvalue weighted by atomic mass is 32.1. The van der Waals surface area contributed by atoms with Gasteiger partial charge in [0.2, 0.25) is 0 Å². The Kier molecular flexibility index (Phi) is 4.46. The Morgan fingerprint density at radius 1 is 1.12 bits per heavy atom. The van der Waals surface area contributed by atoms with Crippen LogP contribution in [-0.4, -0.2) is 11.1 Å². The highest BCUT2D eigenvalue weighted by Gasteiger charge is 2.36. The molecule has 0 saturated carbocycles. The van der Waals surface area contributed by atoms with Crippen LogP contribution < -0.4 is 0 Å². The molecule has 0 bridgehead atoms. The summed E-state index contributed by atoms with van der Waals surface area (Å²) in [5, 5.41) is 11.1. The summed E-state index contributed by atoms with van der Waals surface area (Å²) in [6.45, 7) is 6.11. The molecule has 0 amide bonds. The Hall–Kier alpha value is -2.13. The van der Waals surface area contributed by atoms with Gasteiger partial charge in [-0.2, -0.15) is 0 Å². The molecule has 124 valence electrons. The van der Waals surface area contributed by atoms with Gasteiger partial charge >= 0.3 is 5.97 Å². The molecular weight excluding hydrogens is 316 g/mol. The number of carboxylic acid groups (broad SMARTS) is 1. The van der Waals surface area contributed by atoms with Gasteiger partial charge in [-0.15, -0.1) is 11.3 Å². The largest absolute Gasteiger partial charge is 0.481 e. The number of hydrogen-bond acceptors (Lipinski definition) is 2. The minimum absolute atomic E-state index is 0.442. The van der Waals surface area contributed by atoms with Crippen molar-refractivity contribution < 1.29 is 9.90 Å². The molecule has 1 N–H and O–H groups in total. The Balaban J connectivity index is 1.96. The number of hydrogen-bond donors (Lipinski definition) is 1.